The summed E-state index contributed by atoms with van der Waals surface area (Å²) in [5, 5.41) is 4.20. The van der Waals surface area contributed by atoms with E-state index in [2.05, 4.69) is 15.1 Å². The number of nitrogens with zero attached hydrogens (tertiary/aromatic N) is 3. The highest BCUT2D eigenvalue weighted by molar-refractivity contribution is 5.75. The third-order valence-corrected chi connectivity index (χ3v) is 3.88. The molecule has 0 bridgehead atoms. The Morgan fingerprint density at radius 2 is 2.00 bits per heavy atom. The Labute approximate surface area is 133 Å². The van der Waals surface area contributed by atoms with Crippen LogP contribution in [-0.2, 0) is 6.42 Å². The molecule has 1 unspecified atom stereocenters. The van der Waals surface area contributed by atoms with Crippen molar-refractivity contribution in [1.29, 1.82) is 0 Å². The number of fused-ring (bicyclic) bond motifs is 1. The van der Waals surface area contributed by atoms with Crippen LogP contribution in [0.4, 0.5) is 0 Å². The molecule has 0 aliphatic heterocycles. The van der Waals surface area contributed by atoms with Crippen molar-refractivity contribution in [2.75, 3.05) is 0 Å². The monoisotopic (exact) mass is 304 g/mol. The lowest BCUT2D eigenvalue weighted by Gasteiger charge is -2.11. The van der Waals surface area contributed by atoms with Crippen molar-refractivity contribution >= 4 is 11.0 Å². The van der Waals surface area contributed by atoms with Gasteiger partial charge in [-0.1, -0.05) is 23.4 Å². The number of rotatable bonds is 4. The molecular formula is C18H16N4O. The van der Waals surface area contributed by atoms with Crippen LogP contribution in [0.3, 0.4) is 0 Å². The van der Waals surface area contributed by atoms with Gasteiger partial charge in [-0.3, -0.25) is 4.98 Å². The van der Waals surface area contributed by atoms with E-state index in [0.717, 1.165) is 34.0 Å². The molecule has 0 aliphatic rings. The SMILES string of the molecule is Cc1cc(C(Cc2ccccn2)c2nc3ccccc3[nH]2)no1. The van der Waals surface area contributed by atoms with Gasteiger partial charge in [-0.05, 0) is 31.2 Å². The summed E-state index contributed by atoms with van der Waals surface area (Å²) >= 11 is 0. The fraction of sp³-hybridized carbons (Fsp3) is 0.167. The molecule has 1 N–H and O–H groups in total. The number of aromatic nitrogens is 4. The van der Waals surface area contributed by atoms with E-state index in [1.807, 2.05) is 55.5 Å². The van der Waals surface area contributed by atoms with Crippen molar-refractivity contribution in [3.05, 3.63) is 77.7 Å². The summed E-state index contributed by atoms with van der Waals surface area (Å²) in [6, 6.07) is 15.9. The van der Waals surface area contributed by atoms with E-state index in [1.54, 1.807) is 6.20 Å². The molecule has 23 heavy (non-hydrogen) atoms. The zero-order chi connectivity index (χ0) is 15.6. The van der Waals surface area contributed by atoms with E-state index in [9.17, 15) is 0 Å². The van der Waals surface area contributed by atoms with E-state index in [1.165, 1.54) is 0 Å². The fourth-order valence-corrected chi connectivity index (χ4v) is 2.76. The quantitative estimate of drug-likeness (QED) is 0.625. The lowest BCUT2D eigenvalue weighted by Crippen LogP contribution is -2.08. The Hall–Kier alpha value is -2.95. The van der Waals surface area contributed by atoms with Crippen LogP contribution >= 0.6 is 0 Å². The summed E-state index contributed by atoms with van der Waals surface area (Å²) in [5.41, 5.74) is 3.84. The first-order valence-corrected chi connectivity index (χ1v) is 7.57. The molecule has 0 radical (unpaired) electrons. The van der Waals surface area contributed by atoms with Gasteiger partial charge >= 0.3 is 0 Å². The van der Waals surface area contributed by atoms with E-state index < -0.39 is 0 Å². The van der Waals surface area contributed by atoms with Gasteiger partial charge in [-0.2, -0.15) is 0 Å². The second kappa shape index (κ2) is 5.68. The molecule has 0 saturated heterocycles. The topological polar surface area (TPSA) is 67.6 Å². The molecular weight excluding hydrogens is 288 g/mol. The first-order valence-electron chi connectivity index (χ1n) is 7.57. The number of nitrogens with one attached hydrogen (secondary N) is 1. The molecule has 5 nitrogen and oxygen atoms in total. The highest BCUT2D eigenvalue weighted by atomic mass is 16.5. The molecule has 0 fully saturated rings. The molecule has 114 valence electrons. The molecule has 4 rings (SSSR count). The van der Waals surface area contributed by atoms with Gasteiger partial charge in [0.1, 0.15) is 11.6 Å². The second-order valence-corrected chi connectivity index (χ2v) is 5.58. The van der Waals surface area contributed by atoms with Crippen LogP contribution in [0.5, 0.6) is 0 Å². The average molecular weight is 304 g/mol. The Morgan fingerprint density at radius 1 is 1.13 bits per heavy atom. The van der Waals surface area contributed by atoms with E-state index >= 15 is 0 Å². The van der Waals surface area contributed by atoms with Crippen molar-refractivity contribution < 1.29 is 4.52 Å². The third kappa shape index (κ3) is 2.73. The largest absolute Gasteiger partial charge is 0.361 e. The minimum Gasteiger partial charge on any atom is -0.361 e. The standard InChI is InChI=1S/C18H16N4O/c1-12-10-17(22-23-12)14(11-13-6-4-5-9-19-13)18-20-15-7-2-3-8-16(15)21-18/h2-10,14H,11H2,1H3,(H,20,21). The molecule has 3 aromatic heterocycles. The highest BCUT2D eigenvalue weighted by Crippen LogP contribution is 2.27. The number of hydrogen-bond donors (Lipinski definition) is 1. The fourth-order valence-electron chi connectivity index (χ4n) is 2.76. The van der Waals surface area contributed by atoms with Gasteiger partial charge in [0.15, 0.2) is 0 Å². The first kappa shape index (κ1) is 13.7. The molecule has 0 saturated carbocycles. The number of hydrogen-bond acceptors (Lipinski definition) is 4. The maximum absolute atomic E-state index is 5.27. The van der Waals surface area contributed by atoms with Crippen LogP contribution in [0.25, 0.3) is 11.0 Å². The van der Waals surface area contributed by atoms with Crippen molar-refractivity contribution in [1.82, 2.24) is 20.1 Å². The Kier molecular flexibility index (Phi) is 3.38. The number of benzene rings is 1. The van der Waals surface area contributed by atoms with Crippen molar-refractivity contribution in [2.45, 2.75) is 19.3 Å². The van der Waals surface area contributed by atoms with E-state index in [4.69, 9.17) is 9.51 Å². The summed E-state index contributed by atoms with van der Waals surface area (Å²) in [7, 11) is 0. The molecule has 0 spiro atoms. The van der Waals surface area contributed by atoms with Gasteiger partial charge in [-0.15, -0.1) is 0 Å². The van der Waals surface area contributed by atoms with Gasteiger partial charge in [0.25, 0.3) is 0 Å². The van der Waals surface area contributed by atoms with Gasteiger partial charge in [0.05, 0.1) is 22.6 Å². The second-order valence-electron chi connectivity index (χ2n) is 5.58. The summed E-state index contributed by atoms with van der Waals surface area (Å²) in [5.74, 6) is 1.65. The number of para-hydroxylation sites is 2. The van der Waals surface area contributed by atoms with Gasteiger partial charge < -0.3 is 9.51 Å². The average Bonchev–Trinajstić information content (AvgIpc) is 3.19. The zero-order valence-corrected chi connectivity index (χ0v) is 12.7. The molecule has 1 atom stereocenters. The summed E-state index contributed by atoms with van der Waals surface area (Å²) in [6.45, 7) is 1.90. The zero-order valence-electron chi connectivity index (χ0n) is 12.7. The maximum atomic E-state index is 5.27. The molecule has 0 aliphatic carbocycles. The van der Waals surface area contributed by atoms with Crippen molar-refractivity contribution in [3.63, 3.8) is 0 Å². The molecule has 0 amide bonds. The summed E-state index contributed by atoms with van der Waals surface area (Å²) < 4.78 is 5.27. The smallest absolute Gasteiger partial charge is 0.133 e. The van der Waals surface area contributed by atoms with E-state index in [0.29, 0.717) is 6.42 Å². The maximum Gasteiger partial charge on any atom is 0.133 e. The van der Waals surface area contributed by atoms with Crippen LogP contribution in [0.2, 0.25) is 0 Å². The Balaban J connectivity index is 1.77. The highest BCUT2D eigenvalue weighted by Gasteiger charge is 2.22. The summed E-state index contributed by atoms with van der Waals surface area (Å²) in [6.07, 6.45) is 2.52. The third-order valence-electron chi connectivity index (χ3n) is 3.88. The van der Waals surface area contributed by atoms with Gasteiger partial charge in [-0.25, -0.2) is 4.98 Å². The first-order chi connectivity index (χ1) is 11.3. The number of aryl methyl sites for hydroxylation is 1. The molecule has 4 aromatic rings. The molecule has 3 heterocycles. The van der Waals surface area contributed by atoms with Crippen molar-refractivity contribution in [3.8, 4) is 0 Å². The lowest BCUT2D eigenvalue weighted by molar-refractivity contribution is 0.387. The minimum absolute atomic E-state index is 0.0188. The Bertz CT molecular complexity index is 893. The number of H-pyrrole nitrogens is 1. The lowest BCUT2D eigenvalue weighted by atomic mass is 9.98. The van der Waals surface area contributed by atoms with Gasteiger partial charge in [0.2, 0.25) is 0 Å². The number of imidazole rings is 1. The predicted molar refractivity (Wildman–Crippen MR) is 87.1 cm³/mol. The number of pyridine rings is 1. The number of aromatic amines is 1. The van der Waals surface area contributed by atoms with E-state index in [-0.39, 0.29) is 5.92 Å². The molecule has 1 aromatic carbocycles. The summed E-state index contributed by atoms with van der Waals surface area (Å²) in [4.78, 5) is 12.6. The van der Waals surface area contributed by atoms with Crippen molar-refractivity contribution in [2.24, 2.45) is 0 Å². The molecule has 5 heteroatoms. The van der Waals surface area contributed by atoms with Crippen LogP contribution < -0.4 is 0 Å². The predicted octanol–water partition coefficient (Wildman–Crippen LogP) is 3.63. The normalized spacial score (nSPS) is 12.6. The van der Waals surface area contributed by atoms with Crippen LogP contribution in [-0.4, -0.2) is 20.1 Å². The van der Waals surface area contributed by atoms with Crippen LogP contribution in [0.1, 0.15) is 28.9 Å². The van der Waals surface area contributed by atoms with Crippen LogP contribution in [0.15, 0.2) is 59.3 Å². The van der Waals surface area contributed by atoms with Gasteiger partial charge in [0, 0.05) is 24.4 Å². The minimum atomic E-state index is -0.0188. The Morgan fingerprint density at radius 3 is 2.74 bits per heavy atom. The van der Waals surface area contributed by atoms with Crippen LogP contribution in [0, 0.1) is 6.92 Å².